The maximum absolute atomic E-state index is 6.53. The molecule has 0 fully saturated rings. The Morgan fingerprint density at radius 3 is 1.87 bits per heavy atom. The van der Waals surface area contributed by atoms with Gasteiger partial charge in [-0.1, -0.05) is 140 Å². The van der Waals surface area contributed by atoms with Crippen molar-refractivity contribution in [3.63, 3.8) is 0 Å². The second-order valence-corrected chi connectivity index (χ2v) is 17.2. The number of hydrogen-bond acceptors (Lipinski definition) is 1. The summed E-state index contributed by atoms with van der Waals surface area (Å²) in [5, 5.41) is 7.70. The largest absolute Gasteiger partial charge is 0.455 e. The average molecular weight is 620 g/mol. The summed E-state index contributed by atoms with van der Waals surface area (Å²) in [6, 6.07) is 59.4. The van der Waals surface area contributed by atoms with Crippen molar-refractivity contribution in [3.05, 3.63) is 164 Å². The maximum Gasteiger partial charge on any atom is 0.143 e. The van der Waals surface area contributed by atoms with Crippen LogP contribution in [0.4, 0.5) is 0 Å². The van der Waals surface area contributed by atoms with Gasteiger partial charge in [0.1, 0.15) is 19.2 Å². The van der Waals surface area contributed by atoms with Crippen molar-refractivity contribution in [3.8, 4) is 27.9 Å². The van der Waals surface area contributed by atoms with Crippen molar-refractivity contribution < 1.29 is 4.42 Å². The molecule has 0 aliphatic carbocycles. The second-order valence-electron chi connectivity index (χ2n) is 12.9. The second kappa shape index (κ2) is 10.7. The highest BCUT2D eigenvalue weighted by Gasteiger charge is 2.32. The molecule has 3 heteroatoms. The van der Waals surface area contributed by atoms with Gasteiger partial charge in [0.05, 0.1) is 11.0 Å². The molecule has 2 heterocycles. The van der Waals surface area contributed by atoms with Crippen molar-refractivity contribution >= 4 is 62.2 Å². The van der Waals surface area contributed by atoms with E-state index in [9.17, 15) is 0 Å². The number of nitrogens with zero attached hydrogens (tertiary/aromatic N) is 1. The Labute approximate surface area is 275 Å². The summed E-state index contributed by atoms with van der Waals surface area (Å²) in [7, 11) is -2.25. The summed E-state index contributed by atoms with van der Waals surface area (Å²) in [4.78, 5) is 0. The first-order valence-electron chi connectivity index (χ1n) is 16.3. The van der Waals surface area contributed by atoms with Crippen LogP contribution in [-0.4, -0.2) is 12.6 Å². The van der Waals surface area contributed by atoms with Gasteiger partial charge in [-0.3, -0.25) is 0 Å². The molecule has 0 radical (unpaired) electrons. The van der Waals surface area contributed by atoms with E-state index < -0.39 is 8.07 Å². The first-order valence-corrected chi connectivity index (χ1v) is 19.3. The van der Waals surface area contributed by atoms with Crippen LogP contribution in [0.5, 0.6) is 0 Å². The lowest BCUT2D eigenvalue weighted by Crippen LogP contribution is -2.54. The van der Waals surface area contributed by atoms with Crippen molar-refractivity contribution in [2.75, 3.05) is 0 Å². The van der Waals surface area contributed by atoms with Gasteiger partial charge in [-0.2, -0.15) is 0 Å². The first-order chi connectivity index (χ1) is 23.1. The van der Waals surface area contributed by atoms with Gasteiger partial charge in [-0.05, 0) is 63.5 Å². The van der Waals surface area contributed by atoms with Crippen LogP contribution in [0.2, 0.25) is 13.1 Å². The fourth-order valence-corrected chi connectivity index (χ4v) is 10.8. The van der Waals surface area contributed by atoms with E-state index in [0.717, 1.165) is 27.5 Å². The molecule has 0 bridgehead atoms. The van der Waals surface area contributed by atoms with Crippen molar-refractivity contribution in [1.82, 2.24) is 4.57 Å². The lowest BCUT2D eigenvalue weighted by atomic mass is 10.0. The average Bonchev–Trinajstić information content (AvgIpc) is 3.68. The van der Waals surface area contributed by atoms with E-state index in [-0.39, 0.29) is 0 Å². The lowest BCUT2D eigenvalue weighted by Gasteiger charge is -2.29. The minimum Gasteiger partial charge on any atom is -0.455 e. The van der Waals surface area contributed by atoms with Gasteiger partial charge in [-0.25, -0.2) is 0 Å². The monoisotopic (exact) mass is 619 g/mol. The molecule has 0 aliphatic rings. The quantitative estimate of drug-likeness (QED) is 0.175. The molecule has 47 heavy (non-hydrogen) atoms. The highest BCUT2D eigenvalue weighted by atomic mass is 28.3. The number of aromatic nitrogens is 1. The summed E-state index contributed by atoms with van der Waals surface area (Å²) in [6.07, 6.45) is 0. The molecule has 224 valence electrons. The van der Waals surface area contributed by atoms with E-state index in [0.29, 0.717) is 0 Å². The van der Waals surface area contributed by atoms with Gasteiger partial charge in [0.15, 0.2) is 0 Å². The number of fused-ring (bicyclic) bond motifs is 6. The summed E-state index contributed by atoms with van der Waals surface area (Å²) in [5.74, 6) is 0. The number of rotatable bonds is 5. The highest BCUT2D eigenvalue weighted by molar-refractivity contribution is 7.02. The zero-order valence-corrected chi connectivity index (χ0v) is 27.4. The normalized spacial score (nSPS) is 12.0. The molecule has 7 aromatic carbocycles. The van der Waals surface area contributed by atoms with Crippen LogP contribution in [0.25, 0.3) is 71.7 Å². The lowest BCUT2D eigenvalue weighted by molar-refractivity contribution is 0.670. The summed E-state index contributed by atoms with van der Waals surface area (Å²) >= 11 is 0. The molecule has 0 aliphatic heterocycles. The predicted molar refractivity (Wildman–Crippen MR) is 202 cm³/mol. The Kier molecular flexibility index (Phi) is 6.31. The first kappa shape index (κ1) is 27.6. The molecule has 9 aromatic rings. The van der Waals surface area contributed by atoms with Crippen molar-refractivity contribution in [2.45, 2.75) is 13.1 Å². The number of benzene rings is 7. The van der Waals surface area contributed by atoms with Gasteiger partial charge in [0.25, 0.3) is 0 Å². The zero-order chi connectivity index (χ0) is 31.5. The van der Waals surface area contributed by atoms with Gasteiger partial charge >= 0.3 is 0 Å². The van der Waals surface area contributed by atoms with Gasteiger partial charge in [0.2, 0.25) is 0 Å². The summed E-state index contributed by atoms with van der Waals surface area (Å²) < 4.78 is 8.91. The third-order valence-electron chi connectivity index (χ3n) is 9.89. The van der Waals surface area contributed by atoms with Crippen LogP contribution in [0.1, 0.15) is 0 Å². The van der Waals surface area contributed by atoms with E-state index in [1.807, 2.05) is 6.07 Å². The molecule has 0 atom stereocenters. The number of para-hydroxylation sites is 4. The molecule has 0 spiro atoms. The standard InChI is InChI=1S/C44H33NOSi/c1-47(2,43-26-13-9-20-35(43)37-22-14-21-36-34-19-7-11-24-41(34)46-44(36)37)42-25-12-8-17-32(42)30-27-28-40-38(29-30)33-18-6-10-23-39(33)45(40)31-15-4-3-5-16-31/h3-29H,1-2H3. The van der Waals surface area contributed by atoms with E-state index in [2.05, 4.69) is 175 Å². The molecular weight excluding hydrogens is 587 g/mol. The van der Waals surface area contributed by atoms with Crippen LogP contribution in [0.3, 0.4) is 0 Å². The zero-order valence-electron chi connectivity index (χ0n) is 26.4. The number of hydrogen-bond donors (Lipinski definition) is 0. The van der Waals surface area contributed by atoms with Gasteiger partial charge in [0, 0.05) is 32.8 Å². The molecule has 2 aromatic heterocycles. The Morgan fingerprint density at radius 2 is 1.04 bits per heavy atom. The third-order valence-corrected chi connectivity index (χ3v) is 13.5. The topological polar surface area (TPSA) is 18.1 Å². The molecule has 0 N–H and O–H groups in total. The number of furan rings is 1. The summed E-state index contributed by atoms with van der Waals surface area (Å²) in [5.41, 5.74) is 10.5. The molecule has 2 nitrogen and oxygen atoms in total. The van der Waals surface area contributed by atoms with E-state index >= 15 is 0 Å². The molecular formula is C44H33NOSi. The van der Waals surface area contributed by atoms with Crippen LogP contribution in [0.15, 0.2) is 168 Å². The van der Waals surface area contributed by atoms with E-state index in [1.54, 1.807) is 0 Å². The highest BCUT2D eigenvalue weighted by Crippen LogP contribution is 2.37. The maximum atomic E-state index is 6.53. The Bertz CT molecular complexity index is 2610. The van der Waals surface area contributed by atoms with Crippen LogP contribution >= 0.6 is 0 Å². The van der Waals surface area contributed by atoms with E-state index in [1.165, 1.54) is 54.6 Å². The van der Waals surface area contributed by atoms with Gasteiger partial charge in [-0.15, -0.1) is 0 Å². The third kappa shape index (κ3) is 4.31. The van der Waals surface area contributed by atoms with Gasteiger partial charge < -0.3 is 8.98 Å². The SMILES string of the molecule is C[Si](C)(c1ccccc1-c1ccc2c(c1)c1ccccc1n2-c1ccccc1)c1ccccc1-c1cccc2c1oc1ccccc12. The summed E-state index contributed by atoms with van der Waals surface area (Å²) in [6.45, 7) is 4.98. The van der Waals surface area contributed by atoms with E-state index in [4.69, 9.17) is 4.42 Å². The molecule has 0 amide bonds. The minimum absolute atomic E-state index is 0.929. The molecule has 0 saturated heterocycles. The molecule has 0 unspecified atom stereocenters. The van der Waals surface area contributed by atoms with Crippen molar-refractivity contribution in [2.24, 2.45) is 0 Å². The Morgan fingerprint density at radius 1 is 0.447 bits per heavy atom. The fraction of sp³-hybridized carbons (Fsp3) is 0.0455. The van der Waals surface area contributed by atoms with Crippen LogP contribution in [0, 0.1) is 0 Å². The Hall–Kier alpha value is -5.64. The predicted octanol–water partition coefficient (Wildman–Crippen LogP) is 10.8. The minimum atomic E-state index is -2.25. The molecule has 0 saturated carbocycles. The van der Waals surface area contributed by atoms with Crippen molar-refractivity contribution in [1.29, 1.82) is 0 Å². The Balaban J connectivity index is 1.22. The molecule has 9 rings (SSSR count). The fourth-order valence-electron chi connectivity index (χ4n) is 7.64. The van der Waals surface area contributed by atoms with Crippen LogP contribution in [-0.2, 0) is 0 Å². The smallest absolute Gasteiger partial charge is 0.143 e. The van der Waals surface area contributed by atoms with Crippen LogP contribution < -0.4 is 10.4 Å².